The molecule has 0 bridgehead atoms. The second kappa shape index (κ2) is 8.65. The summed E-state index contributed by atoms with van der Waals surface area (Å²) in [5.41, 5.74) is 3.67. The Kier molecular flexibility index (Phi) is 5.55. The summed E-state index contributed by atoms with van der Waals surface area (Å²) in [5.74, 6) is 0.441. The van der Waals surface area contributed by atoms with Crippen LogP contribution in [0.5, 0.6) is 0 Å². The molecule has 0 spiro atoms. The molecule has 0 saturated heterocycles. The van der Waals surface area contributed by atoms with E-state index >= 15 is 0 Å². The van der Waals surface area contributed by atoms with Gasteiger partial charge >= 0.3 is 5.69 Å². The second-order valence-electron chi connectivity index (χ2n) is 7.58. The molecule has 2 heterocycles. The second-order valence-corrected chi connectivity index (χ2v) is 8.45. The lowest BCUT2D eigenvalue weighted by Crippen LogP contribution is -2.19. The van der Waals surface area contributed by atoms with E-state index in [4.69, 9.17) is 28.3 Å². The summed E-state index contributed by atoms with van der Waals surface area (Å²) in [6, 6.07) is 25.2. The number of aromatic amines is 1. The van der Waals surface area contributed by atoms with Crippen LogP contribution in [0.15, 0.2) is 88.8 Å². The Balaban J connectivity index is 1.47. The van der Waals surface area contributed by atoms with E-state index in [1.54, 1.807) is 17.1 Å². The van der Waals surface area contributed by atoms with Crippen molar-refractivity contribution >= 4 is 34.9 Å². The van der Waals surface area contributed by atoms with Crippen LogP contribution in [0.3, 0.4) is 0 Å². The van der Waals surface area contributed by atoms with Crippen LogP contribution in [-0.4, -0.2) is 27.0 Å². The third-order valence-electron chi connectivity index (χ3n) is 5.41. The van der Waals surface area contributed by atoms with Gasteiger partial charge < -0.3 is 0 Å². The average molecular weight is 464 g/mol. The van der Waals surface area contributed by atoms with Crippen LogP contribution in [-0.2, 0) is 6.54 Å². The minimum atomic E-state index is -0.290. The van der Waals surface area contributed by atoms with Gasteiger partial charge in [0.25, 0.3) is 0 Å². The fraction of sp³-hybridized carbons (Fsp3) is 0.125. The number of nitrogens with zero attached hydrogens (tertiary/aromatic N) is 4. The van der Waals surface area contributed by atoms with Crippen LogP contribution in [0.25, 0.3) is 0 Å². The molecule has 0 amide bonds. The van der Waals surface area contributed by atoms with Gasteiger partial charge in [0, 0.05) is 16.0 Å². The average Bonchev–Trinajstić information content (AvgIpc) is 3.41. The Morgan fingerprint density at radius 1 is 0.906 bits per heavy atom. The molecular weight excluding hydrogens is 445 g/mol. The molecule has 1 N–H and O–H groups in total. The molecule has 0 fully saturated rings. The van der Waals surface area contributed by atoms with Crippen molar-refractivity contribution in [1.29, 1.82) is 0 Å². The minimum absolute atomic E-state index is 0.0299. The van der Waals surface area contributed by atoms with Gasteiger partial charge in [-0.2, -0.15) is 5.10 Å². The molecule has 4 aromatic rings. The Bertz CT molecular complexity index is 1310. The third kappa shape index (κ3) is 4.20. The van der Waals surface area contributed by atoms with E-state index in [-0.39, 0.29) is 11.6 Å². The highest BCUT2D eigenvalue weighted by molar-refractivity contribution is 6.31. The monoisotopic (exact) mass is 463 g/mol. The summed E-state index contributed by atoms with van der Waals surface area (Å²) in [5, 5.41) is 12.4. The quantitative estimate of drug-likeness (QED) is 0.455. The van der Waals surface area contributed by atoms with Crippen LogP contribution in [0.2, 0.25) is 10.0 Å². The highest BCUT2D eigenvalue weighted by Gasteiger charge is 2.31. The van der Waals surface area contributed by atoms with Crippen molar-refractivity contribution in [2.75, 3.05) is 11.6 Å². The Morgan fingerprint density at radius 3 is 2.25 bits per heavy atom. The Morgan fingerprint density at radius 2 is 1.56 bits per heavy atom. The first-order valence-corrected chi connectivity index (χ1v) is 10.9. The van der Waals surface area contributed by atoms with Crippen LogP contribution in [0.4, 0.5) is 5.95 Å². The van der Waals surface area contributed by atoms with Crippen molar-refractivity contribution in [3.05, 3.63) is 116 Å². The van der Waals surface area contributed by atoms with Crippen molar-refractivity contribution in [3.63, 3.8) is 0 Å². The number of hydrogen-bond donors (Lipinski definition) is 1. The molecule has 0 radical (unpaired) electrons. The Labute approximate surface area is 194 Å². The van der Waals surface area contributed by atoms with Gasteiger partial charge in [-0.1, -0.05) is 77.8 Å². The maximum atomic E-state index is 12.5. The number of halogens is 2. The van der Waals surface area contributed by atoms with Gasteiger partial charge in [-0.15, -0.1) is 5.10 Å². The number of hydrazone groups is 1. The van der Waals surface area contributed by atoms with Crippen molar-refractivity contribution < 1.29 is 0 Å². The van der Waals surface area contributed by atoms with Crippen molar-refractivity contribution in [1.82, 2.24) is 14.8 Å². The van der Waals surface area contributed by atoms with E-state index in [0.717, 1.165) is 22.4 Å². The lowest BCUT2D eigenvalue weighted by Gasteiger charge is -2.14. The third-order valence-corrected chi connectivity index (χ3v) is 5.92. The number of aromatic nitrogens is 3. The summed E-state index contributed by atoms with van der Waals surface area (Å²) < 4.78 is 1.39. The number of nitrogens with one attached hydrogen (secondary N) is 1. The van der Waals surface area contributed by atoms with Crippen molar-refractivity contribution in [3.8, 4) is 0 Å². The molecule has 1 aliphatic rings. The standard InChI is InChI=1S/C24H19Cl2N5O/c25-19-10-6-16(7-11-19)14-31-24(32)27-23(29-31)30-15-21(17-4-2-1-3-5-17)22(28-30)18-8-12-20(26)13-9-18/h1-13,21H,14-15H2,(H,27,29,32)/t21-/m0/s1. The molecule has 32 heavy (non-hydrogen) atoms. The van der Waals surface area contributed by atoms with Gasteiger partial charge in [0.2, 0.25) is 5.95 Å². The zero-order valence-electron chi connectivity index (χ0n) is 17.0. The van der Waals surface area contributed by atoms with Crippen LogP contribution in [0, 0.1) is 0 Å². The molecule has 6 nitrogen and oxygen atoms in total. The first-order chi connectivity index (χ1) is 15.6. The topological polar surface area (TPSA) is 66.3 Å². The van der Waals surface area contributed by atoms with E-state index in [1.807, 2.05) is 54.6 Å². The number of hydrogen-bond acceptors (Lipinski definition) is 4. The smallest absolute Gasteiger partial charge is 0.274 e. The Hall–Kier alpha value is -3.35. The highest BCUT2D eigenvalue weighted by atomic mass is 35.5. The van der Waals surface area contributed by atoms with Gasteiger partial charge in [0.05, 0.1) is 18.8 Å². The molecule has 0 unspecified atom stereocenters. The van der Waals surface area contributed by atoms with Crippen LogP contribution < -0.4 is 10.7 Å². The first kappa shape index (κ1) is 20.5. The molecule has 8 heteroatoms. The molecular formula is C24H19Cl2N5O. The van der Waals surface area contributed by atoms with E-state index in [9.17, 15) is 4.79 Å². The largest absolute Gasteiger partial charge is 0.345 e. The maximum absolute atomic E-state index is 12.5. The summed E-state index contributed by atoms with van der Waals surface area (Å²) >= 11 is 12.0. The van der Waals surface area contributed by atoms with Crippen molar-refractivity contribution in [2.24, 2.45) is 5.10 Å². The van der Waals surface area contributed by atoms with Crippen molar-refractivity contribution in [2.45, 2.75) is 12.5 Å². The maximum Gasteiger partial charge on any atom is 0.345 e. The highest BCUT2D eigenvalue weighted by Crippen LogP contribution is 2.30. The summed E-state index contributed by atoms with van der Waals surface area (Å²) in [7, 11) is 0. The summed E-state index contributed by atoms with van der Waals surface area (Å²) in [6.07, 6.45) is 0. The van der Waals surface area contributed by atoms with Gasteiger partial charge in [0.15, 0.2) is 0 Å². The minimum Gasteiger partial charge on any atom is -0.274 e. The fourth-order valence-corrected chi connectivity index (χ4v) is 4.04. The lowest BCUT2D eigenvalue weighted by atomic mass is 9.91. The predicted molar refractivity (Wildman–Crippen MR) is 128 cm³/mol. The molecule has 1 aliphatic heterocycles. The lowest BCUT2D eigenvalue weighted by molar-refractivity contribution is 0.654. The molecule has 0 saturated carbocycles. The summed E-state index contributed by atoms with van der Waals surface area (Å²) in [4.78, 5) is 15.4. The van der Waals surface area contributed by atoms with E-state index in [2.05, 4.69) is 22.2 Å². The number of anilines is 1. The van der Waals surface area contributed by atoms with E-state index in [0.29, 0.717) is 29.1 Å². The summed E-state index contributed by atoms with van der Waals surface area (Å²) in [6.45, 7) is 0.909. The molecule has 1 atom stereocenters. The van der Waals surface area contributed by atoms with E-state index in [1.165, 1.54) is 4.68 Å². The number of H-pyrrole nitrogens is 1. The number of benzene rings is 3. The van der Waals surface area contributed by atoms with Gasteiger partial charge in [-0.3, -0.25) is 4.98 Å². The first-order valence-electron chi connectivity index (χ1n) is 10.2. The zero-order chi connectivity index (χ0) is 22.1. The number of rotatable bonds is 5. The van der Waals surface area contributed by atoms with Gasteiger partial charge in [-0.25, -0.2) is 14.5 Å². The molecule has 0 aliphatic carbocycles. The van der Waals surface area contributed by atoms with Gasteiger partial charge in [-0.05, 0) is 41.0 Å². The molecule has 160 valence electrons. The van der Waals surface area contributed by atoms with Gasteiger partial charge in [0.1, 0.15) is 0 Å². The van der Waals surface area contributed by atoms with Crippen LogP contribution >= 0.6 is 23.2 Å². The fourth-order valence-electron chi connectivity index (χ4n) is 3.79. The normalized spacial score (nSPS) is 15.8. The SMILES string of the molecule is O=c1[nH]c(N2C[C@@H](c3ccccc3)C(c3ccc(Cl)cc3)=N2)nn1Cc1ccc(Cl)cc1. The molecule has 1 aromatic heterocycles. The molecule has 3 aromatic carbocycles. The van der Waals surface area contributed by atoms with Crippen LogP contribution in [0.1, 0.15) is 22.6 Å². The zero-order valence-corrected chi connectivity index (χ0v) is 18.5. The molecule has 5 rings (SSSR count). The predicted octanol–water partition coefficient (Wildman–Crippen LogP) is 4.93. The van der Waals surface area contributed by atoms with E-state index < -0.39 is 0 Å².